The van der Waals surface area contributed by atoms with Crippen molar-refractivity contribution in [1.29, 1.82) is 0 Å². The Morgan fingerprint density at radius 1 is 1.37 bits per heavy atom. The summed E-state index contributed by atoms with van der Waals surface area (Å²) in [5, 5.41) is 3.68. The largest absolute Gasteiger partial charge is 0.324 e. The molecule has 104 valence electrons. The molecule has 0 aliphatic rings. The number of amides is 2. The Labute approximate surface area is 126 Å². The minimum Gasteiger partial charge on any atom is -0.324 e. The van der Waals surface area contributed by atoms with Crippen molar-refractivity contribution in [3.63, 3.8) is 0 Å². The van der Waals surface area contributed by atoms with Crippen LogP contribution in [0, 0.1) is 3.57 Å². The van der Waals surface area contributed by atoms with E-state index in [0.29, 0.717) is 12.1 Å². The first-order chi connectivity index (χ1) is 8.80. The zero-order chi connectivity index (χ0) is 14.5. The Kier molecular flexibility index (Phi) is 5.74. The van der Waals surface area contributed by atoms with Crippen LogP contribution in [0.4, 0.5) is 5.69 Å². The fourth-order valence-electron chi connectivity index (χ4n) is 1.32. The maximum absolute atomic E-state index is 11.8. The number of anilines is 1. The number of hydrogen-bond acceptors (Lipinski definition) is 3. The lowest BCUT2D eigenvalue weighted by Crippen LogP contribution is -2.38. The van der Waals surface area contributed by atoms with Crippen molar-refractivity contribution in [2.75, 3.05) is 11.9 Å². The third-order valence-corrected chi connectivity index (χ3v) is 2.66. The van der Waals surface area contributed by atoms with Gasteiger partial charge in [-0.1, -0.05) is 0 Å². The highest BCUT2D eigenvalue weighted by atomic mass is 127. The van der Waals surface area contributed by atoms with E-state index in [2.05, 4.69) is 27.9 Å². The van der Waals surface area contributed by atoms with Gasteiger partial charge in [-0.2, -0.15) is 0 Å². The van der Waals surface area contributed by atoms with Gasteiger partial charge in [0.25, 0.3) is 0 Å². The summed E-state index contributed by atoms with van der Waals surface area (Å²) in [5.74, 6) is -0.308. The fraction of sp³-hybridized carbons (Fsp3) is 0.385. The van der Waals surface area contributed by atoms with Crippen LogP contribution in [0.5, 0.6) is 0 Å². The zero-order valence-electron chi connectivity index (χ0n) is 11.1. The normalized spacial score (nSPS) is 10.9. The zero-order valence-corrected chi connectivity index (χ0v) is 13.3. The average Bonchev–Trinajstić information content (AvgIpc) is 2.29. The second-order valence-electron chi connectivity index (χ2n) is 4.94. The van der Waals surface area contributed by atoms with Crippen LogP contribution in [0.1, 0.15) is 20.8 Å². The molecule has 6 heteroatoms. The lowest BCUT2D eigenvalue weighted by atomic mass is 10.2. The molecule has 0 fully saturated rings. The van der Waals surface area contributed by atoms with E-state index < -0.39 is 5.60 Å². The average molecular weight is 376 g/mol. The van der Waals surface area contributed by atoms with Gasteiger partial charge in [0.05, 0.1) is 5.60 Å². The first-order valence-electron chi connectivity index (χ1n) is 5.76. The van der Waals surface area contributed by atoms with Crippen LogP contribution in [0.25, 0.3) is 0 Å². The van der Waals surface area contributed by atoms with E-state index in [1.165, 1.54) is 0 Å². The molecular weight excluding hydrogens is 359 g/mol. The summed E-state index contributed by atoms with van der Waals surface area (Å²) in [6.45, 7) is 5.27. The van der Waals surface area contributed by atoms with Crippen molar-refractivity contribution in [3.8, 4) is 0 Å². The van der Waals surface area contributed by atoms with Crippen LogP contribution in [-0.4, -0.2) is 29.5 Å². The van der Waals surface area contributed by atoms with E-state index in [-0.39, 0.29) is 12.5 Å². The van der Waals surface area contributed by atoms with Crippen molar-refractivity contribution >= 4 is 40.6 Å². The van der Waals surface area contributed by atoms with E-state index in [0.717, 1.165) is 8.63 Å². The van der Waals surface area contributed by atoms with Gasteiger partial charge in [0.1, 0.15) is 6.54 Å². The van der Waals surface area contributed by atoms with Crippen molar-refractivity contribution in [3.05, 3.63) is 27.8 Å². The van der Waals surface area contributed by atoms with Gasteiger partial charge in [0.15, 0.2) is 0 Å². The minimum atomic E-state index is -0.524. The predicted molar refractivity (Wildman–Crippen MR) is 81.4 cm³/mol. The summed E-state index contributed by atoms with van der Waals surface area (Å²) in [5.41, 5.74) is 0.163. The molecule has 0 spiro atoms. The first kappa shape index (κ1) is 15.9. The third kappa shape index (κ3) is 6.53. The lowest BCUT2D eigenvalue weighted by molar-refractivity contribution is -0.214. The first-order valence-corrected chi connectivity index (χ1v) is 6.84. The molecular formula is C13H17IN2O3. The molecule has 1 N–H and O–H groups in total. The van der Waals surface area contributed by atoms with Crippen LogP contribution >= 0.6 is 22.6 Å². The molecule has 0 atom stereocenters. The number of carbonyl (C=O) groups is 2. The molecule has 2 amide bonds. The van der Waals surface area contributed by atoms with Gasteiger partial charge in [-0.3, -0.25) is 14.4 Å². The molecule has 0 unspecified atom stereocenters. The SMILES string of the molecule is CC(C)(C)ON(C=O)CC(=O)Nc1ccc(I)cc1. The summed E-state index contributed by atoms with van der Waals surface area (Å²) < 4.78 is 1.08. The molecule has 0 aliphatic heterocycles. The molecule has 0 saturated carbocycles. The number of carbonyl (C=O) groups excluding carboxylic acids is 2. The summed E-state index contributed by atoms with van der Waals surface area (Å²) in [7, 11) is 0. The van der Waals surface area contributed by atoms with E-state index >= 15 is 0 Å². The van der Waals surface area contributed by atoms with Crippen LogP contribution in [0.2, 0.25) is 0 Å². The predicted octanol–water partition coefficient (Wildman–Crippen LogP) is 2.42. The maximum Gasteiger partial charge on any atom is 0.246 e. The van der Waals surface area contributed by atoms with Crippen molar-refractivity contribution in [1.82, 2.24) is 5.06 Å². The lowest BCUT2D eigenvalue weighted by Gasteiger charge is -2.26. The van der Waals surface area contributed by atoms with E-state index in [1.807, 2.05) is 12.1 Å². The Hall–Kier alpha value is -1.15. The van der Waals surface area contributed by atoms with Gasteiger partial charge >= 0.3 is 0 Å². The molecule has 1 aromatic rings. The fourth-order valence-corrected chi connectivity index (χ4v) is 1.68. The Bertz CT molecular complexity index is 440. The second-order valence-corrected chi connectivity index (χ2v) is 6.18. The van der Waals surface area contributed by atoms with Gasteiger partial charge in [0, 0.05) is 9.26 Å². The van der Waals surface area contributed by atoms with Crippen LogP contribution in [0.3, 0.4) is 0 Å². The molecule has 0 radical (unpaired) electrons. The smallest absolute Gasteiger partial charge is 0.246 e. The molecule has 0 bridgehead atoms. The molecule has 0 aromatic heterocycles. The van der Waals surface area contributed by atoms with E-state index in [9.17, 15) is 9.59 Å². The molecule has 1 aromatic carbocycles. The molecule has 0 saturated heterocycles. The summed E-state index contributed by atoms with van der Waals surface area (Å²) in [6.07, 6.45) is 0.499. The number of rotatable bonds is 5. The quantitative estimate of drug-likeness (QED) is 0.488. The summed E-state index contributed by atoms with van der Waals surface area (Å²) >= 11 is 2.18. The number of nitrogens with one attached hydrogen (secondary N) is 1. The minimum absolute atomic E-state index is 0.146. The Balaban J connectivity index is 2.54. The van der Waals surface area contributed by atoms with Crippen molar-refractivity contribution in [2.24, 2.45) is 0 Å². The van der Waals surface area contributed by atoms with Crippen LogP contribution in [0.15, 0.2) is 24.3 Å². The third-order valence-electron chi connectivity index (χ3n) is 1.94. The Morgan fingerprint density at radius 2 is 1.95 bits per heavy atom. The summed E-state index contributed by atoms with van der Waals surface area (Å²) in [6, 6.07) is 7.38. The number of hydroxylamine groups is 2. The van der Waals surface area contributed by atoms with Crippen LogP contribution in [-0.2, 0) is 14.4 Å². The van der Waals surface area contributed by atoms with E-state index in [4.69, 9.17) is 4.84 Å². The van der Waals surface area contributed by atoms with Crippen molar-refractivity contribution < 1.29 is 14.4 Å². The van der Waals surface area contributed by atoms with Gasteiger partial charge in [-0.05, 0) is 67.6 Å². The molecule has 0 aliphatic carbocycles. The maximum atomic E-state index is 11.8. The molecule has 19 heavy (non-hydrogen) atoms. The highest BCUT2D eigenvalue weighted by Crippen LogP contribution is 2.12. The summed E-state index contributed by atoms with van der Waals surface area (Å²) in [4.78, 5) is 27.9. The van der Waals surface area contributed by atoms with Gasteiger partial charge in [-0.25, -0.2) is 5.06 Å². The Morgan fingerprint density at radius 3 is 2.42 bits per heavy atom. The number of benzene rings is 1. The standard InChI is InChI=1S/C13H17IN2O3/c1-13(2,3)19-16(9-17)8-12(18)15-11-6-4-10(14)5-7-11/h4-7,9H,8H2,1-3H3,(H,15,18). The van der Waals surface area contributed by atoms with Gasteiger partial charge in [0.2, 0.25) is 12.3 Å². The molecule has 5 nitrogen and oxygen atoms in total. The van der Waals surface area contributed by atoms with Gasteiger partial charge < -0.3 is 5.32 Å². The van der Waals surface area contributed by atoms with Crippen LogP contribution < -0.4 is 5.32 Å². The van der Waals surface area contributed by atoms with E-state index in [1.54, 1.807) is 32.9 Å². The topological polar surface area (TPSA) is 58.6 Å². The van der Waals surface area contributed by atoms with Gasteiger partial charge in [-0.15, -0.1) is 0 Å². The highest BCUT2D eigenvalue weighted by molar-refractivity contribution is 14.1. The molecule has 1 rings (SSSR count). The number of hydrogen-bond donors (Lipinski definition) is 1. The molecule has 0 heterocycles. The van der Waals surface area contributed by atoms with Crippen molar-refractivity contribution in [2.45, 2.75) is 26.4 Å². The highest BCUT2D eigenvalue weighted by Gasteiger charge is 2.18. The number of nitrogens with zero attached hydrogens (tertiary/aromatic N) is 1. The monoisotopic (exact) mass is 376 g/mol. The second kappa shape index (κ2) is 6.85. The number of halogens is 1.